The van der Waals surface area contributed by atoms with Crippen molar-refractivity contribution < 1.29 is 14.3 Å². The smallest absolute Gasteiger partial charge is 0.242 e. The summed E-state index contributed by atoms with van der Waals surface area (Å²) in [5.41, 5.74) is 4.21. The lowest BCUT2D eigenvalue weighted by Gasteiger charge is -2.28. The average Bonchev–Trinajstić information content (AvgIpc) is 2.67. The van der Waals surface area contributed by atoms with Crippen molar-refractivity contribution in [3.05, 3.63) is 64.7 Å². The van der Waals surface area contributed by atoms with E-state index in [1.165, 1.54) is 5.56 Å². The van der Waals surface area contributed by atoms with E-state index in [9.17, 15) is 9.59 Å². The molecule has 144 valence electrons. The molecule has 0 saturated carbocycles. The van der Waals surface area contributed by atoms with Crippen LogP contribution >= 0.6 is 0 Å². The second-order valence-corrected chi connectivity index (χ2v) is 6.76. The standard InChI is InChI=1S/C22H28N2O3/c1-15-9-10-18(11-16(15)2)13-21(25)24(17(3)22(26)23-4)14-19-7-6-8-20(12-19)27-5/h6-12,17H,13-14H2,1-5H3,(H,23,26)/t17-/m0/s1. The third-order valence-corrected chi connectivity index (χ3v) is 4.83. The van der Waals surface area contributed by atoms with E-state index in [-0.39, 0.29) is 18.2 Å². The quantitative estimate of drug-likeness (QED) is 0.817. The van der Waals surface area contributed by atoms with Crippen molar-refractivity contribution in [1.29, 1.82) is 0 Å². The summed E-state index contributed by atoms with van der Waals surface area (Å²) in [5.74, 6) is 0.449. The Morgan fingerprint density at radius 2 is 1.81 bits per heavy atom. The lowest BCUT2D eigenvalue weighted by atomic mass is 10.0. The van der Waals surface area contributed by atoms with Crippen LogP contribution in [0.3, 0.4) is 0 Å². The monoisotopic (exact) mass is 368 g/mol. The third kappa shape index (κ3) is 5.33. The molecule has 2 aromatic carbocycles. The van der Waals surface area contributed by atoms with E-state index in [1.807, 2.05) is 56.3 Å². The van der Waals surface area contributed by atoms with Gasteiger partial charge in [-0.2, -0.15) is 0 Å². The van der Waals surface area contributed by atoms with Crippen LogP contribution in [0.5, 0.6) is 5.75 Å². The van der Waals surface area contributed by atoms with Crippen LogP contribution in [0.4, 0.5) is 0 Å². The zero-order chi connectivity index (χ0) is 20.0. The van der Waals surface area contributed by atoms with Gasteiger partial charge in [0.05, 0.1) is 13.5 Å². The molecule has 5 nitrogen and oxygen atoms in total. The summed E-state index contributed by atoms with van der Waals surface area (Å²) >= 11 is 0. The highest BCUT2D eigenvalue weighted by Gasteiger charge is 2.25. The maximum Gasteiger partial charge on any atom is 0.242 e. The zero-order valence-corrected chi connectivity index (χ0v) is 16.7. The van der Waals surface area contributed by atoms with Gasteiger partial charge < -0.3 is 15.0 Å². The van der Waals surface area contributed by atoms with Gasteiger partial charge in [-0.3, -0.25) is 9.59 Å². The molecule has 0 aliphatic carbocycles. The van der Waals surface area contributed by atoms with Crippen molar-refractivity contribution in [3.8, 4) is 5.75 Å². The first-order valence-corrected chi connectivity index (χ1v) is 9.05. The van der Waals surface area contributed by atoms with Gasteiger partial charge in [0.2, 0.25) is 11.8 Å². The first-order chi connectivity index (χ1) is 12.8. The molecule has 0 radical (unpaired) electrons. The average molecular weight is 368 g/mol. The first kappa shape index (κ1) is 20.5. The number of nitrogens with one attached hydrogen (secondary N) is 1. The highest BCUT2D eigenvalue weighted by atomic mass is 16.5. The largest absolute Gasteiger partial charge is 0.497 e. The van der Waals surface area contributed by atoms with Crippen LogP contribution in [-0.4, -0.2) is 36.9 Å². The Morgan fingerprint density at radius 3 is 2.44 bits per heavy atom. The number of carbonyl (C=O) groups is 2. The normalized spacial score (nSPS) is 11.6. The molecule has 2 amide bonds. The van der Waals surface area contributed by atoms with Gasteiger partial charge in [-0.25, -0.2) is 0 Å². The van der Waals surface area contributed by atoms with E-state index < -0.39 is 6.04 Å². The minimum absolute atomic E-state index is 0.0860. The van der Waals surface area contributed by atoms with Gasteiger partial charge >= 0.3 is 0 Å². The van der Waals surface area contributed by atoms with Gasteiger partial charge in [0.25, 0.3) is 0 Å². The SMILES string of the molecule is CNC(=O)[C@H](C)N(Cc1cccc(OC)c1)C(=O)Cc1ccc(C)c(C)c1. The van der Waals surface area contributed by atoms with Gasteiger partial charge in [-0.15, -0.1) is 0 Å². The molecule has 0 fully saturated rings. The van der Waals surface area contributed by atoms with Crippen molar-refractivity contribution in [2.45, 2.75) is 39.8 Å². The van der Waals surface area contributed by atoms with Gasteiger partial charge in [0.1, 0.15) is 11.8 Å². The van der Waals surface area contributed by atoms with Crippen LogP contribution in [0.2, 0.25) is 0 Å². The second-order valence-electron chi connectivity index (χ2n) is 6.76. The topological polar surface area (TPSA) is 58.6 Å². The molecule has 2 aromatic rings. The minimum Gasteiger partial charge on any atom is -0.497 e. The molecule has 0 aromatic heterocycles. The molecule has 0 heterocycles. The Balaban J connectivity index is 2.26. The summed E-state index contributed by atoms with van der Waals surface area (Å²) in [4.78, 5) is 26.9. The van der Waals surface area contributed by atoms with Crippen LogP contribution in [-0.2, 0) is 22.6 Å². The maximum atomic E-state index is 13.0. The van der Waals surface area contributed by atoms with E-state index >= 15 is 0 Å². The fourth-order valence-corrected chi connectivity index (χ4v) is 2.95. The van der Waals surface area contributed by atoms with E-state index in [0.717, 1.165) is 22.4 Å². The predicted molar refractivity (Wildman–Crippen MR) is 107 cm³/mol. The summed E-state index contributed by atoms with van der Waals surface area (Å²) < 4.78 is 5.26. The molecule has 27 heavy (non-hydrogen) atoms. The number of aryl methyl sites for hydroxylation is 2. The molecule has 0 bridgehead atoms. The lowest BCUT2D eigenvalue weighted by molar-refractivity contribution is -0.139. The molecular weight excluding hydrogens is 340 g/mol. The Bertz CT molecular complexity index is 817. The molecule has 0 spiro atoms. The van der Waals surface area contributed by atoms with Crippen LogP contribution < -0.4 is 10.1 Å². The van der Waals surface area contributed by atoms with Crippen LogP contribution in [0.1, 0.15) is 29.2 Å². The summed E-state index contributed by atoms with van der Waals surface area (Å²) in [6.07, 6.45) is 0.256. The second kappa shape index (κ2) is 9.21. The van der Waals surface area contributed by atoms with Gasteiger partial charge in [-0.1, -0.05) is 30.3 Å². The number of ether oxygens (including phenoxy) is 1. The number of hydrogen-bond acceptors (Lipinski definition) is 3. The fraction of sp³-hybridized carbons (Fsp3) is 0.364. The van der Waals surface area contributed by atoms with Crippen molar-refractivity contribution in [2.75, 3.05) is 14.2 Å². The van der Waals surface area contributed by atoms with Crippen LogP contribution in [0.15, 0.2) is 42.5 Å². The molecule has 0 unspecified atom stereocenters. The molecule has 1 atom stereocenters. The molecule has 1 N–H and O–H groups in total. The number of methoxy groups -OCH3 is 1. The molecule has 0 saturated heterocycles. The predicted octanol–water partition coefficient (Wildman–Crippen LogP) is 3.02. The van der Waals surface area contributed by atoms with Crippen LogP contribution in [0, 0.1) is 13.8 Å². The maximum absolute atomic E-state index is 13.0. The summed E-state index contributed by atoms with van der Waals surface area (Å²) in [7, 11) is 3.19. The van der Waals surface area contributed by atoms with Gasteiger partial charge in [0, 0.05) is 13.6 Å². The molecule has 2 rings (SSSR count). The Kier molecular flexibility index (Phi) is 6.99. The fourth-order valence-electron chi connectivity index (χ4n) is 2.95. The van der Waals surface area contributed by atoms with Crippen molar-refractivity contribution in [2.24, 2.45) is 0 Å². The summed E-state index contributed by atoms with van der Waals surface area (Å²) in [5, 5.41) is 2.63. The number of amides is 2. The van der Waals surface area contributed by atoms with Crippen molar-refractivity contribution in [3.63, 3.8) is 0 Å². The van der Waals surface area contributed by atoms with Gasteiger partial charge in [-0.05, 0) is 55.2 Å². The van der Waals surface area contributed by atoms with Gasteiger partial charge in [0.15, 0.2) is 0 Å². The highest BCUT2D eigenvalue weighted by molar-refractivity contribution is 5.88. The number of likely N-dealkylation sites (N-methyl/N-ethyl adjacent to an activating group) is 1. The third-order valence-electron chi connectivity index (χ3n) is 4.83. The number of hydrogen-bond donors (Lipinski definition) is 1. The van der Waals surface area contributed by atoms with Crippen molar-refractivity contribution in [1.82, 2.24) is 10.2 Å². The number of nitrogens with zero attached hydrogens (tertiary/aromatic N) is 1. The number of carbonyl (C=O) groups excluding carboxylic acids is 2. The van der Waals surface area contributed by atoms with E-state index in [0.29, 0.717) is 6.54 Å². The highest BCUT2D eigenvalue weighted by Crippen LogP contribution is 2.18. The van der Waals surface area contributed by atoms with E-state index in [2.05, 4.69) is 5.32 Å². The molecule has 0 aliphatic rings. The summed E-state index contributed by atoms with van der Waals surface area (Å²) in [6.45, 7) is 6.17. The first-order valence-electron chi connectivity index (χ1n) is 9.05. The van der Waals surface area contributed by atoms with Crippen molar-refractivity contribution >= 4 is 11.8 Å². The Labute approximate surface area is 161 Å². The number of benzene rings is 2. The summed E-state index contributed by atoms with van der Waals surface area (Å²) in [6, 6.07) is 13.0. The van der Waals surface area contributed by atoms with E-state index in [1.54, 1.807) is 26.0 Å². The molecular formula is C22H28N2O3. The molecule has 0 aliphatic heterocycles. The lowest BCUT2D eigenvalue weighted by Crippen LogP contribution is -2.47. The Hall–Kier alpha value is -2.82. The zero-order valence-electron chi connectivity index (χ0n) is 16.7. The number of rotatable bonds is 7. The van der Waals surface area contributed by atoms with Crippen LogP contribution in [0.25, 0.3) is 0 Å². The Morgan fingerprint density at radius 1 is 1.07 bits per heavy atom. The molecule has 5 heteroatoms. The van der Waals surface area contributed by atoms with E-state index in [4.69, 9.17) is 4.74 Å². The minimum atomic E-state index is -0.569.